The first-order chi connectivity index (χ1) is 8.49. The summed E-state index contributed by atoms with van der Waals surface area (Å²) in [5, 5.41) is 8.94. The number of primary amides is 1. The van der Waals surface area contributed by atoms with Crippen molar-refractivity contribution in [2.24, 2.45) is 5.73 Å². The number of aliphatic hydroxyl groups is 1. The topological polar surface area (TPSA) is 92.6 Å². The molecular formula is C13H21N3O2. The maximum Gasteiger partial charge on any atom is 0.250 e. The van der Waals surface area contributed by atoms with E-state index in [1.54, 1.807) is 18.2 Å². The normalized spacial score (nSPS) is 10.7. The highest BCUT2D eigenvalue weighted by atomic mass is 16.3. The van der Waals surface area contributed by atoms with Crippen LogP contribution in [0.25, 0.3) is 0 Å². The molecule has 0 heterocycles. The summed E-state index contributed by atoms with van der Waals surface area (Å²) in [5.41, 5.74) is 12.9. The van der Waals surface area contributed by atoms with E-state index in [1.165, 1.54) is 0 Å². The van der Waals surface area contributed by atoms with Gasteiger partial charge in [0.1, 0.15) is 0 Å². The molecule has 1 amide bonds. The van der Waals surface area contributed by atoms with Crippen LogP contribution in [-0.4, -0.2) is 30.2 Å². The number of carbonyl (C=O) groups excluding carboxylic acids is 1. The molecule has 1 aromatic rings. The minimum atomic E-state index is -0.494. The quantitative estimate of drug-likeness (QED) is 0.657. The van der Waals surface area contributed by atoms with Gasteiger partial charge in [0.05, 0.1) is 16.9 Å². The van der Waals surface area contributed by atoms with E-state index in [0.29, 0.717) is 29.9 Å². The van der Waals surface area contributed by atoms with Crippen LogP contribution in [-0.2, 0) is 0 Å². The predicted molar refractivity (Wildman–Crippen MR) is 73.6 cm³/mol. The summed E-state index contributed by atoms with van der Waals surface area (Å²) in [6, 6.07) is 5.29. The summed E-state index contributed by atoms with van der Waals surface area (Å²) in [4.78, 5) is 13.5. The third kappa shape index (κ3) is 3.13. The number of para-hydroxylation sites is 1. The van der Waals surface area contributed by atoms with Crippen molar-refractivity contribution in [3.8, 4) is 0 Å². The van der Waals surface area contributed by atoms with Gasteiger partial charge in [0.25, 0.3) is 5.91 Å². The fraction of sp³-hybridized carbons (Fsp3) is 0.462. The number of rotatable bonds is 6. The molecule has 18 heavy (non-hydrogen) atoms. The van der Waals surface area contributed by atoms with Crippen molar-refractivity contribution >= 4 is 17.3 Å². The molecule has 0 spiro atoms. The zero-order chi connectivity index (χ0) is 13.7. The third-order valence-electron chi connectivity index (χ3n) is 2.80. The van der Waals surface area contributed by atoms with Gasteiger partial charge in [-0.1, -0.05) is 6.07 Å². The zero-order valence-corrected chi connectivity index (χ0v) is 10.9. The number of aliphatic hydroxyl groups excluding tert-OH is 1. The molecule has 0 aliphatic rings. The van der Waals surface area contributed by atoms with Crippen molar-refractivity contribution in [1.29, 1.82) is 0 Å². The van der Waals surface area contributed by atoms with Gasteiger partial charge in [0.15, 0.2) is 0 Å². The van der Waals surface area contributed by atoms with Crippen LogP contribution < -0.4 is 16.4 Å². The van der Waals surface area contributed by atoms with Crippen LogP contribution in [0.5, 0.6) is 0 Å². The maximum absolute atomic E-state index is 11.5. The van der Waals surface area contributed by atoms with E-state index in [4.69, 9.17) is 16.6 Å². The minimum absolute atomic E-state index is 0.0991. The van der Waals surface area contributed by atoms with Crippen molar-refractivity contribution < 1.29 is 9.90 Å². The molecule has 0 radical (unpaired) electrons. The Hall–Kier alpha value is -1.75. The van der Waals surface area contributed by atoms with Crippen molar-refractivity contribution in [3.05, 3.63) is 23.8 Å². The number of hydrogen-bond donors (Lipinski definition) is 3. The molecule has 0 saturated heterocycles. The van der Waals surface area contributed by atoms with E-state index in [1.807, 2.05) is 18.7 Å². The Morgan fingerprint density at radius 3 is 2.61 bits per heavy atom. The number of nitrogens with two attached hydrogens (primary N) is 2. The first-order valence-corrected chi connectivity index (χ1v) is 6.04. The van der Waals surface area contributed by atoms with E-state index in [-0.39, 0.29) is 12.6 Å². The van der Waals surface area contributed by atoms with E-state index in [9.17, 15) is 4.79 Å². The highest BCUT2D eigenvalue weighted by Gasteiger charge is 2.19. The summed E-state index contributed by atoms with van der Waals surface area (Å²) in [6.45, 7) is 4.74. The predicted octanol–water partition coefficient (Wildman–Crippen LogP) is 0.965. The Balaban J connectivity index is 3.21. The van der Waals surface area contributed by atoms with E-state index in [2.05, 4.69) is 0 Å². The van der Waals surface area contributed by atoms with Gasteiger partial charge < -0.3 is 21.5 Å². The van der Waals surface area contributed by atoms with E-state index >= 15 is 0 Å². The summed E-state index contributed by atoms with van der Waals surface area (Å²) in [7, 11) is 0. The molecule has 0 bridgehead atoms. The number of benzene rings is 1. The standard InChI is InChI=1S/C13H21N3O2/c1-9(2)16(7-4-8-17)12-10(13(15)18)5-3-6-11(12)14/h3,5-6,9,17H,4,7-8,14H2,1-2H3,(H2,15,18). The lowest BCUT2D eigenvalue weighted by Gasteiger charge is -2.31. The van der Waals surface area contributed by atoms with Crippen molar-refractivity contribution in [2.45, 2.75) is 26.3 Å². The molecule has 0 saturated carbocycles. The Labute approximate surface area is 107 Å². The molecule has 5 N–H and O–H groups in total. The number of carbonyl (C=O) groups is 1. The highest BCUT2D eigenvalue weighted by Crippen LogP contribution is 2.29. The van der Waals surface area contributed by atoms with Gasteiger partial charge in [-0.15, -0.1) is 0 Å². The number of anilines is 2. The van der Waals surface area contributed by atoms with Crippen molar-refractivity contribution in [3.63, 3.8) is 0 Å². The average molecular weight is 251 g/mol. The largest absolute Gasteiger partial charge is 0.397 e. The number of nitrogens with zero attached hydrogens (tertiary/aromatic N) is 1. The van der Waals surface area contributed by atoms with Gasteiger partial charge in [-0.05, 0) is 32.4 Å². The Kier molecular flexibility index (Phi) is 4.97. The molecule has 0 aromatic heterocycles. The zero-order valence-electron chi connectivity index (χ0n) is 10.9. The SMILES string of the molecule is CC(C)N(CCCO)c1c(N)cccc1C(N)=O. The second-order valence-electron chi connectivity index (χ2n) is 4.47. The lowest BCUT2D eigenvalue weighted by molar-refractivity contribution is 0.100. The summed E-state index contributed by atoms with van der Waals surface area (Å²) in [6.07, 6.45) is 0.616. The van der Waals surface area contributed by atoms with E-state index < -0.39 is 5.91 Å². The van der Waals surface area contributed by atoms with Crippen LogP contribution in [0.3, 0.4) is 0 Å². The molecule has 0 aliphatic carbocycles. The smallest absolute Gasteiger partial charge is 0.250 e. The number of nitrogen functional groups attached to an aromatic ring is 1. The van der Waals surface area contributed by atoms with Crippen LogP contribution in [0, 0.1) is 0 Å². The number of amides is 1. The van der Waals surface area contributed by atoms with Crippen LogP contribution in [0.1, 0.15) is 30.6 Å². The fourth-order valence-corrected chi connectivity index (χ4v) is 1.95. The van der Waals surface area contributed by atoms with Gasteiger partial charge >= 0.3 is 0 Å². The van der Waals surface area contributed by atoms with Gasteiger partial charge in [0, 0.05) is 19.2 Å². The summed E-state index contributed by atoms with van der Waals surface area (Å²) < 4.78 is 0. The fourth-order valence-electron chi connectivity index (χ4n) is 1.95. The van der Waals surface area contributed by atoms with Crippen LogP contribution in [0.4, 0.5) is 11.4 Å². The van der Waals surface area contributed by atoms with Crippen LogP contribution in [0.2, 0.25) is 0 Å². The van der Waals surface area contributed by atoms with Crippen molar-refractivity contribution in [2.75, 3.05) is 23.8 Å². The summed E-state index contributed by atoms with van der Waals surface area (Å²) >= 11 is 0. The van der Waals surface area contributed by atoms with Crippen LogP contribution >= 0.6 is 0 Å². The van der Waals surface area contributed by atoms with Crippen molar-refractivity contribution in [1.82, 2.24) is 0 Å². The monoisotopic (exact) mass is 251 g/mol. The van der Waals surface area contributed by atoms with Gasteiger partial charge in [-0.2, -0.15) is 0 Å². The highest BCUT2D eigenvalue weighted by molar-refractivity contribution is 6.01. The third-order valence-corrected chi connectivity index (χ3v) is 2.80. The Morgan fingerprint density at radius 2 is 2.11 bits per heavy atom. The van der Waals surface area contributed by atoms with E-state index in [0.717, 1.165) is 0 Å². The molecule has 100 valence electrons. The Morgan fingerprint density at radius 1 is 1.44 bits per heavy atom. The molecule has 0 unspecified atom stereocenters. The molecule has 1 rings (SSSR count). The number of hydrogen-bond acceptors (Lipinski definition) is 4. The molecule has 1 aromatic carbocycles. The summed E-state index contributed by atoms with van der Waals surface area (Å²) in [5.74, 6) is -0.494. The molecule has 0 aliphatic heterocycles. The van der Waals surface area contributed by atoms with Gasteiger partial charge in [0.2, 0.25) is 0 Å². The Bertz CT molecular complexity index is 419. The second kappa shape index (κ2) is 6.26. The lowest BCUT2D eigenvalue weighted by atomic mass is 10.1. The van der Waals surface area contributed by atoms with Gasteiger partial charge in [-0.3, -0.25) is 4.79 Å². The maximum atomic E-state index is 11.5. The average Bonchev–Trinajstić information content (AvgIpc) is 2.30. The van der Waals surface area contributed by atoms with Crippen LogP contribution in [0.15, 0.2) is 18.2 Å². The molecule has 0 fully saturated rings. The first-order valence-electron chi connectivity index (χ1n) is 6.04. The first kappa shape index (κ1) is 14.3. The molecule has 0 atom stereocenters. The van der Waals surface area contributed by atoms with Gasteiger partial charge in [-0.25, -0.2) is 0 Å². The molecule has 5 heteroatoms. The minimum Gasteiger partial charge on any atom is -0.397 e. The molecular weight excluding hydrogens is 230 g/mol. The lowest BCUT2D eigenvalue weighted by Crippen LogP contribution is -2.34. The molecule has 5 nitrogen and oxygen atoms in total. The second-order valence-corrected chi connectivity index (χ2v) is 4.47.